The van der Waals surface area contributed by atoms with E-state index in [1.54, 1.807) is 29.0 Å². The number of para-hydroxylation sites is 1. The molecule has 1 atom stereocenters. The Morgan fingerprint density at radius 3 is 2.58 bits per heavy atom. The Kier molecular flexibility index (Phi) is 13.8. The van der Waals surface area contributed by atoms with E-state index in [-0.39, 0.29) is 80.7 Å². The Morgan fingerprint density at radius 2 is 1.94 bits per heavy atom. The third-order valence-corrected chi connectivity index (χ3v) is 5.50. The van der Waals surface area contributed by atoms with Crippen LogP contribution in [0.15, 0.2) is 48.7 Å². The zero-order valence-electron chi connectivity index (χ0n) is 20.0. The van der Waals surface area contributed by atoms with Gasteiger partial charge >= 0.3 is 51.4 Å². The molecule has 0 fully saturated rings. The van der Waals surface area contributed by atoms with Crippen molar-refractivity contribution in [3.63, 3.8) is 0 Å². The van der Waals surface area contributed by atoms with Gasteiger partial charge in [0.2, 0.25) is 0 Å². The Balaban J connectivity index is 0.000000322. The van der Waals surface area contributed by atoms with Gasteiger partial charge in [-0.15, -0.1) is 6.54 Å². The number of nitrogens with zero attached hydrogens (tertiary/aromatic N) is 3. The SMILES string of the molecule is CC(=O)c1cn(CC=O)c2ccccc12.CCCN(C)C(C)[N-]Cc1cccc(Cl)c1F.[K+]. The summed E-state index contributed by atoms with van der Waals surface area (Å²) in [5.74, 6) is -0.334. The molecular formula is C25H30ClFKN3O2. The molecule has 0 amide bonds. The minimum atomic E-state index is -0.358. The maximum Gasteiger partial charge on any atom is 1.00 e. The van der Waals surface area contributed by atoms with Crippen LogP contribution in [0.2, 0.25) is 5.02 Å². The summed E-state index contributed by atoms with van der Waals surface area (Å²) in [4.78, 5) is 24.0. The first-order valence-electron chi connectivity index (χ1n) is 10.6. The fourth-order valence-electron chi connectivity index (χ4n) is 3.34. The predicted molar refractivity (Wildman–Crippen MR) is 129 cm³/mol. The smallest absolute Gasteiger partial charge is 0.643 e. The van der Waals surface area contributed by atoms with Gasteiger partial charge in [0.25, 0.3) is 0 Å². The van der Waals surface area contributed by atoms with Crippen LogP contribution in [0.4, 0.5) is 4.39 Å². The second-order valence-electron chi connectivity index (χ2n) is 7.60. The molecule has 5 nitrogen and oxygen atoms in total. The van der Waals surface area contributed by atoms with E-state index in [0.29, 0.717) is 17.7 Å². The van der Waals surface area contributed by atoms with Crippen molar-refractivity contribution in [2.24, 2.45) is 0 Å². The summed E-state index contributed by atoms with van der Waals surface area (Å²) in [6.07, 6.45) is 3.74. The maximum absolute atomic E-state index is 13.6. The van der Waals surface area contributed by atoms with Crippen molar-refractivity contribution in [3.8, 4) is 0 Å². The summed E-state index contributed by atoms with van der Waals surface area (Å²) in [5.41, 5.74) is 2.15. The van der Waals surface area contributed by atoms with Crippen molar-refractivity contribution < 1.29 is 65.4 Å². The molecule has 0 saturated heterocycles. The van der Waals surface area contributed by atoms with Crippen LogP contribution >= 0.6 is 11.6 Å². The van der Waals surface area contributed by atoms with Crippen LogP contribution in [-0.2, 0) is 17.9 Å². The molecule has 1 heterocycles. The topological polar surface area (TPSA) is 56.4 Å². The first kappa shape index (κ1) is 30.1. The average molecular weight is 498 g/mol. The molecule has 0 spiro atoms. The predicted octanol–water partition coefficient (Wildman–Crippen LogP) is 3.09. The van der Waals surface area contributed by atoms with Crippen molar-refractivity contribution in [1.29, 1.82) is 0 Å². The third-order valence-electron chi connectivity index (χ3n) is 5.21. The fraction of sp³-hybridized carbons (Fsp3) is 0.360. The Labute approximate surface area is 243 Å². The first-order valence-corrected chi connectivity index (χ1v) is 11.0. The van der Waals surface area contributed by atoms with Crippen molar-refractivity contribution in [3.05, 3.63) is 75.9 Å². The number of carbonyl (C=O) groups excluding carboxylic acids is 2. The summed E-state index contributed by atoms with van der Waals surface area (Å²) in [7, 11) is 2.02. The van der Waals surface area contributed by atoms with E-state index < -0.39 is 0 Å². The molecule has 0 aliphatic carbocycles. The molecule has 2 aromatic carbocycles. The molecule has 33 heavy (non-hydrogen) atoms. The van der Waals surface area contributed by atoms with Gasteiger partial charge in [-0.25, -0.2) is 4.39 Å². The van der Waals surface area contributed by atoms with Crippen molar-refractivity contribution >= 4 is 34.6 Å². The molecule has 0 aliphatic rings. The number of aldehydes is 1. The Hall–Kier alpha value is -0.904. The molecule has 0 saturated carbocycles. The number of Topliss-reactive ketones (excluding diaryl/α,β-unsaturated/α-hetero) is 1. The number of benzene rings is 2. The number of aromatic nitrogens is 1. The maximum atomic E-state index is 13.6. The van der Waals surface area contributed by atoms with Gasteiger partial charge in [0.1, 0.15) is 12.1 Å². The van der Waals surface area contributed by atoms with E-state index >= 15 is 0 Å². The van der Waals surface area contributed by atoms with Crippen molar-refractivity contribution in [2.75, 3.05) is 13.6 Å². The monoisotopic (exact) mass is 497 g/mol. The normalized spacial score (nSPS) is 11.5. The second kappa shape index (κ2) is 15.2. The summed E-state index contributed by atoms with van der Waals surface area (Å²) in [6.45, 7) is 7.31. The van der Waals surface area contributed by atoms with Crippen LogP contribution in [-0.4, -0.2) is 41.3 Å². The summed E-state index contributed by atoms with van der Waals surface area (Å²) in [6, 6.07) is 12.6. The first-order chi connectivity index (χ1) is 15.3. The van der Waals surface area contributed by atoms with Gasteiger partial charge in [-0.05, 0) is 44.6 Å². The van der Waals surface area contributed by atoms with Gasteiger partial charge in [0.05, 0.1) is 11.6 Å². The zero-order valence-corrected chi connectivity index (χ0v) is 23.9. The number of fused-ring (bicyclic) bond motifs is 1. The van der Waals surface area contributed by atoms with Gasteiger partial charge in [-0.1, -0.05) is 61.9 Å². The second-order valence-corrected chi connectivity index (χ2v) is 8.01. The molecule has 0 radical (unpaired) electrons. The van der Waals surface area contributed by atoms with Crippen LogP contribution in [0.5, 0.6) is 0 Å². The molecule has 3 rings (SSSR count). The summed E-state index contributed by atoms with van der Waals surface area (Å²) >= 11 is 5.71. The van der Waals surface area contributed by atoms with Crippen LogP contribution in [0, 0.1) is 5.82 Å². The standard InChI is InChI=1S/C13H19ClFN2.C12H11NO2.K/c1-4-8-17(3)10(2)16-9-11-6-5-7-12(14)13(11)15;1-9(15)11-8-13(6-7-14)12-5-3-2-4-10(11)12;/h5-7,10H,4,8-9H2,1-3H3;2-5,7-8H,6H2,1H3;/q-1;;+1. The molecule has 0 aliphatic heterocycles. The van der Waals surface area contributed by atoms with Crippen molar-refractivity contribution in [1.82, 2.24) is 9.47 Å². The number of carbonyl (C=O) groups is 2. The van der Waals surface area contributed by atoms with Crippen molar-refractivity contribution in [2.45, 2.75) is 46.4 Å². The fourth-order valence-corrected chi connectivity index (χ4v) is 3.53. The number of hydrogen-bond acceptors (Lipinski definition) is 3. The third kappa shape index (κ3) is 8.67. The minimum Gasteiger partial charge on any atom is -0.643 e. The van der Waals surface area contributed by atoms with E-state index in [9.17, 15) is 14.0 Å². The summed E-state index contributed by atoms with van der Waals surface area (Å²) in [5, 5.41) is 5.51. The van der Waals surface area contributed by atoms with E-state index in [2.05, 4.69) is 17.1 Å². The Morgan fingerprint density at radius 1 is 1.24 bits per heavy atom. The molecule has 8 heteroatoms. The molecule has 3 aromatic rings. The van der Waals surface area contributed by atoms with E-state index in [0.717, 1.165) is 30.2 Å². The van der Waals surface area contributed by atoms with E-state index in [1.807, 2.05) is 38.2 Å². The number of hydrogen-bond donors (Lipinski definition) is 0. The van der Waals surface area contributed by atoms with Crippen LogP contribution in [0.25, 0.3) is 16.2 Å². The number of halogens is 2. The quantitative estimate of drug-likeness (QED) is 0.259. The molecule has 1 unspecified atom stereocenters. The minimum absolute atomic E-state index is 0. The number of rotatable bonds is 9. The van der Waals surface area contributed by atoms with E-state index in [4.69, 9.17) is 11.6 Å². The average Bonchev–Trinajstić information content (AvgIpc) is 3.14. The largest absolute Gasteiger partial charge is 1.00 e. The molecular weight excluding hydrogens is 468 g/mol. The van der Waals surface area contributed by atoms with Crippen LogP contribution < -0.4 is 51.4 Å². The molecule has 0 N–H and O–H groups in total. The zero-order chi connectivity index (χ0) is 23.7. The van der Waals surface area contributed by atoms with Crippen LogP contribution in [0.3, 0.4) is 0 Å². The molecule has 1 aromatic heterocycles. The van der Waals surface area contributed by atoms with Gasteiger partial charge < -0.3 is 19.6 Å². The van der Waals surface area contributed by atoms with Gasteiger partial charge in [-0.3, -0.25) is 4.79 Å². The molecule has 172 valence electrons. The molecule has 0 bridgehead atoms. The van der Waals surface area contributed by atoms with Gasteiger partial charge in [0.15, 0.2) is 5.78 Å². The van der Waals surface area contributed by atoms with Crippen LogP contribution in [0.1, 0.15) is 43.1 Å². The number of ketones is 1. The van der Waals surface area contributed by atoms with Gasteiger partial charge in [-0.2, -0.15) is 0 Å². The van der Waals surface area contributed by atoms with Gasteiger partial charge in [0, 0.05) is 22.7 Å². The summed E-state index contributed by atoms with van der Waals surface area (Å²) < 4.78 is 15.4. The Bertz CT molecular complexity index is 1060. The van der Waals surface area contributed by atoms with E-state index in [1.165, 1.54) is 6.92 Å².